The average molecular weight is 345 g/mol. The first-order valence-electron chi connectivity index (χ1n) is 5.91. The molecule has 19 heavy (non-hydrogen) atoms. The van der Waals surface area contributed by atoms with Gasteiger partial charge in [-0.15, -0.1) is 21.8 Å². The van der Waals surface area contributed by atoms with Crippen molar-refractivity contribution in [3.05, 3.63) is 34.1 Å². The number of nitrogens with zero attached hydrogens (tertiary/aromatic N) is 3. The Morgan fingerprint density at radius 2 is 2.16 bits per heavy atom. The molecule has 0 radical (unpaired) electrons. The number of rotatable bonds is 5. The molecule has 0 saturated heterocycles. The van der Waals surface area contributed by atoms with Crippen LogP contribution in [0.3, 0.4) is 0 Å². The van der Waals surface area contributed by atoms with Crippen LogP contribution in [0.15, 0.2) is 22.7 Å². The summed E-state index contributed by atoms with van der Waals surface area (Å²) in [5.41, 5.74) is 2.20. The van der Waals surface area contributed by atoms with Crippen LogP contribution in [0.4, 0.5) is 0 Å². The van der Waals surface area contributed by atoms with Crippen LogP contribution in [0.1, 0.15) is 11.4 Å². The first-order chi connectivity index (χ1) is 9.17. The Balaban J connectivity index is 2.46. The van der Waals surface area contributed by atoms with Crippen molar-refractivity contribution in [1.82, 2.24) is 14.8 Å². The average Bonchev–Trinajstić information content (AvgIpc) is 2.79. The van der Waals surface area contributed by atoms with Crippen LogP contribution >= 0.6 is 27.5 Å². The summed E-state index contributed by atoms with van der Waals surface area (Å²) in [6.45, 7) is 3.34. The monoisotopic (exact) mass is 343 g/mol. The van der Waals surface area contributed by atoms with Crippen LogP contribution in [0.2, 0.25) is 0 Å². The Bertz CT molecular complexity index is 571. The number of alkyl halides is 1. The minimum absolute atomic E-state index is 0.340. The second-order valence-corrected chi connectivity index (χ2v) is 5.36. The van der Waals surface area contributed by atoms with Crippen LogP contribution < -0.4 is 0 Å². The fourth-order valence-electron chi connectivity index (χ4n) is 1.93. The van der Waals surface area contributed by atoms with Crippen molar-refractivity contribution in [3.8, 4) is 11.4 Å². The maximum atomic E-state index is 5.91. The lowest BCUT2D eigenvalue weighted by molar-refractivity contribution is 0.187. The van der Waals surface area contributed by atoms with E-state index in [0.717, 1.165) is 27.2 Å². The van der Waals surface area contributed by atoms with Gasteiger partial charge in [0.15, 0.2) is 5.82 Å². The molecular formula is C13H15BrClN3O. The molecule has 0 saturated carbocycles. The molecule has 1 heterocycles. The summed E-state index contributed by atoms with van der Waals surface area (Å²) in [4.78, 5) is 0. The minimum atomic E-state index is 0.340. The van der Waals surface area contributed by atoms with Crippen LogP contribution in [-0.2, 0) is 17.2 Å². The predicted molar refractivity (Wildman–Crippen MR) is 79.3 cm³/mol. The standard InChI is InChI=1S/C13H15BrClN3O/c1-9-7-10(14)3-4-11(9)13-17-16-12(8-15)18(13)5-6-19-2/h3-4,7H,5-6,8H2,1-2H3. The molecule has 2 aromatic rings. The van der Waals surface area contributed by atoms with Gasteiger partial charge >= 0.3 is 0 Å². The lowest BCUT2D eigenvalue weighted by Crippen LogP contribution is -2.09. The van der Waals surface area contributed by atoms with Gasteiger partial charge < -0.3 is 9.30 Å². The fourth-order valence-corrected chi connectivity index (χ4v) is 2.60. The van der Waals surface area contributed by atoms with Crippen LogP contribution in [0, 0.1) is 6.92 Å². The van der Waals surface area contributed by atoms with E-state index in [4.69, 9.17) is 16.3 Å². The Labute approximate surface area is 125 Å². The number of benzene rings is 1. The maximum absolute atomic E-state index is 5.91. The minimum Gasteiger partial charge on any atom is -0.383 e. The molecule has 0 atom stereocenters. The molecule has 1 aromatic carbocycles. The summed E-state index contributed by atoms with van der Waals surface area (Å²) in [6.07, 6.45) is 0. The number of aromatic nitrogens is 3. The number of methoxy groups -OCH3 is 1. The molecule has 0 aliphatic carbocycles. The highest BCUT2D eigenvalue weighted by Gasteiger charge is 2.14. The van der Waals surface area contributed by atoms with Gasteiger partial charge in [0.05, 0.1) is 12.5 Å². The summed E-state index contributed by atoms with van der Waals surface area (Å²) in [7, 11) is 1.68. The predicted octanol–water partition coefficient (Wildman–Crippen LogP) is 3.40. The molecule has 0 aliphatic rings. The number of halogens is 2. The molecule has 6 heteroatoms. The fraction of sp³-hybridized carbons (Fsp3) is 0.385. The van der Waals surface area contributed by atoms with Crippen molar-refractivity contribution in [2.75, 3.05) is 13.7 Å². The van der Waals surface area contributed by atoms with Crippen LogP contribution in [0.25, 0.3) is 11.4 Å². The summed E-state index contributed by atoms with van der Waals surface area (Å²) in [6, 6.07) is 6.09. The van der Waals surface area contributed by atoms with E-state index in [2.05, 4.69) is 39.1 Å². The molecule has 0 aliphatic heterocycles. The summed E-state index contributed by atoms with van der Waals surface area (Å²) in [5, 5.41) is 8.40. The molecular weight excluding hydrogens is 330 g/mol. The number of hydrogen-bond acceptors (Lipinski definition) is 3. The molecule has 0 spiro atoms. The van der Waals surface area contributed by atoms with Gasteiger partial charge in [0.1, 0.15) is 5.82 Å². The topological polar surface area (TPSA) is 39.9 Å². The van der Waals surface area contributed by atoms with Gasteiger partial charge in [0.25, 0.3) is 0 Å². The SMILES string of the molecule is COCCn1c(CCl)nnc1-c1ccc(Br)cc1C. The molecule has 4 nitrogen and oxygen atoms in total. The van der Waals surface area contributed by atoms with E-state index in [1.54, 1.807) is 7.11 Å². The third-order valence-corrected chi connectivity index (χ3v) is 3.63. The van der Waals surface area contributed by atoms with E-state index in [9.17, 15) is 0 Å². The quantitative estimate of drug-likeness (QED) is 0.781. The zero-order chi connectivity index (χ0) is 13.8. The van der Waals surface area contributed by atoms with Crippen LogP contribution in [0.5, 0.6) is 0 Å². The summed E-state index contributed by atoms with van der Waals surface area (Å²) in [5.74, 6) is 1.93. The largest absolute Gasteiger partial charge is 0.383 e. The second kappa shape index (κ2) is 6.50. The van der Waals surface area contributed by atoms with Gasteiger partial charge in [0.2, 0.25) is 0 Å². The van der Waals surface area contributed by atoms with Crippen molar-refractivity contribution in [3.63, 3.8) is 0 Å². The van der Waals surface area contributed by atoms with Crippen molar-refractivity contribution in [2.45, 2.75) is 19.3 Å². The highest BCUT2D eigenvalue weighted by molar-refractivity contribution is 9.10. The summed E-state index contributed by atoms with van der Waals surface area (Å²) >= 11 is 9.37. The Morgan fingerprint density at radius 1 is 1.37 bits per heavy atom. The highest BCUT2D eigenvalue weighted by atomic mass is 79.9. The number of hydrogen-bond donors (Lipinski definition) is 0. The van der Waals surface area contributed by atoms with Crippen molar-refractivity contribution in [2.24, 2.45) is 0 Å². The molecule has 0 amide bonds. The third kappa shape index (κ3) is 3.16. The molecule has 0 fully saturated rings. The zero-order valence-electron chi connectivity index (χ0n) is 10.9. The van der Waals surface area contributed by atoms with E-state index in [-0.39, 0.29) is 0 Å². The van der Waals surface area contributed by atoms with Crippen molar-refractivity contribution >= 4 is 27.5 Å². The van der Waals surface area contributed by atoms with E-state index >= 15 is 0 Å². The molecule has 0 bridgehead atoms. The second-order valence-electron chi connectivity index (χ2n) is 4.18. The van der Waals surface area contributed by atoms with E-state index in [1.165, 1.54) is 0 Å². The normalized spacial score (nSPS) is 10.9. The third-order valence-electron chi connectivity index (χ3n) is 2.90. The zero-order valence-corrected chi connectivity index (χ0v) is 13.2. The van der Waals surface area contributed by atoms with Gasteiger partial charge in [0, 0.05) is 23.7 Å². The smallest absolute Gasteiger partial charge is 0.164 e. The van der Waals surface area contributed by atoms with E-state index in [0.29, 0.717) is 19.0 Å². The van der Waals surface area contributed by atoms with Crippen molar-refractivity contribution in [1.29, 1.82) is 0 Å². The molecule has 2 rings (SSSR count). The van der Waals surface area contributed by atoms with E-state index < -0.39 is 0 Å². The maximum Gasteiger partial charge on any atom is 0.164 e. The molecule has 0 unspecified atom stereocenters. The summed E-state index contributed by atoms with van der Waals surface area (Å²) < 4.78 is 8.18. The Kier molecular flexibility index (Phi) is 4.96. The van der Waals surface area contributed by atoms with Gasteiger partial charge in [-0.25, -0.2) is 0 Å². The van der Waals surface area contributed by atoms with Crippen molar-refractivity contribution < 1.29 is 4.74 Å². The van der Waals surface area contributed by atoms with Gasteiger partial charge in [-0.2, -0.15) is 0 Å². The van der Waals surface area contributed by atoms with Crippen LogP contribution in [-0.4, -0.2) is 28.5 Å². The first kappa shape index (κ1) is 14.5. The highest BCUT2D eigenvalue weighted by Crippen LogP contribution is 2.25. The first-order valence-corrected chi connectivity index (χ1v) is 7.23. The Morgan fingerprint density at radius 3 is 2.79 bits per heavy atom. The number of ether oxygens (including phenoxy) is 1. The lowest BCUT2D eigenvalue weighted by Gasteiger charge is -2.10. The molecule has 0 N–H and O–H groups in total. The number of aryl methyl sites for hydroxylation is 1. The van der Waals surface area contributed by atoms with E-state index in [1.807, 2.05) is 16.7 Å². The van der Waals surface area contributed by atoms with Gasteiger partial charge in [-0.1, -0.05) is 15.9 Å². The van der Waals surface area contributed by atoms with Gasteiger partial charge in [-0.05, 0) is 30.7 Å². The molecule has 1 aromatic heterocycles. The Hall–Kier alpha value is -0.910. The molecule has 102 valence electrons. The van der Waals surface area contributed by atoms with Gasteiger partial charge in [-0.3, -0.25) is 0 Å². The lowest BCUT2D eigenvalue weighted by atomic mass is 10.1.